The molecule has 0 unspecified atom stereocenters. The number of carboxylic acid groups (broad SMARTS) is 1. The Labute approximate surface area is 235 Å². The molecule has 40 heavy (non-hydrogen) atoms. The minimum atomic E-state index is -1.22. The summed E-state index contributed by atoms with van der Waals surface area (Å²) < 4.78 is 23.5. The van der Waals surface area contributed by atoms with Crippen LogP contribution in [0.4, 0.5) is 5.82 Å². The molecule has 0 saturated carbocycles. The first-order valence-electron chi connectivity index (χ1n) is 12.4. The lowest BCUT2D eigenvalue weighted by molar-refractivity contribution is -0.150. The van der Waals surface area contributed by atoms with Crippen molar-refractivity contribution in [3.8, 4) is 17.6 Å². The van der Waals surface area contributed by atoms with Crippen LogP contribution in [0.2, 0.25) is 0 Å². The summed E-state index contributed by atoms with van der Waals surface area (Å²) >= 11 is 0. The standard InChI is InChI=1S/C25H29N7O7.ClH/c26-13-16-1-2-21(28-14-16)32-15-29-19-12-20(23(31-24(19)32)30-17-3-5-36-6-4-17)38-9-7-37-8-10-39-25(35)18(27)11-22(33)34;/h1-2,12,14-15,17-18H,3-11,27H2,(H,30,31)(H,33,34);1H/t18-;/m0./s1. The summed E-state index contributed by atoms with van der Waals surface area (Å²) in [6.07, 6.45) is 4.26. The van der Waals surface area contributed by atoms with Crippen LogP contribution in [-0.2, 0) is 23.8 Å². The number of nitrogens with zero attached hydrogens (tertiary/aromatic N) is 5. The van der Waals surface area contributed by atoms with Crippen LogP contribution in [0.1, 0.15) is 24.8 Å². The van der Waals surface area contributed by atoms with Gasteiger partial charge in [-0.1, -0.05) is 0 Å². The van der Waals surface area contributed by atoms with Crippen molar-refractivity contribution in [2.24, 2.45) is 5.73 Å². The number of nitriles is 1. The number of esters is 1. The fourth-order valence-electron chi connectivity index (χ4n) is 3.83. The molecule has 4 rings (SSSR count). The lowest BCUT2D eigenvalue weighted by Crippen LogP contribution is -2.35. The molecule has 15 heteroatoms. The number of nitrogens with two attached hydrogens (primary N) is 1. The van der Waals surface area contributed by atoms with Crippen molar-refractivity contribution in [3.05, 3.63) is 36.3 Å². The summed E-state index contributed by atoms with van der Waals surface area (Å²) in [7, 11) is 0. The molecule has 14 nitrogen and oxygen atoms in total. The number of hydrogen-bond donors (Lipinski definition) is 3. The first-order valence-corrected chi connectivity index (χ1v) is 12.4. The first kappa shape index (κ1) is 30.5. The zero-order valence-electron chi connectivity index (χ0n) is 21.5. The number of nitrogens with one attached hydrogen (secondary N) is 1. The third-order valence-electron chi connectivity index (χ3n) is 5.83. The van der Waals surface area contributed by atoms with Gasteiger partial charge in [-0.05, 0) is 25.0 Å². The van der Waals surface area contributed by atoms with E-state index >= 15 is 0 Å². The molecule has 1 aliphatic rings. The molecule has 0 bridgehead atoms. The Morgan fingerprint density at radius 1 is 1.23 bits per heavy atom. The number of ether oxygens (including phenoxy) is 4. The van der Waals surface area contributed by atoms with Crippen molar-refractivity contribution >= 4 is 41.3 Å². The highest BCUT2D eigenvalue weighted by Crippen LogP contribution is 2.29. The van der Waals surface area contributed by atoms with Crippen LogP contribution in [0.5, 0.6) is 5.75 Å². The van der Waals surface area contributed by atoms with Crippen molar-refractivity contribution in [2.75, 3.05) is 45.0 Å². The Balaban J connectivity index is 0.00000441. The quantitative estimate of drug-likeness (QED) is 0.196. The summed E-state index contributed by atoms with van der Waals surface area (Å²) in [5.74, 6) is -0.347. The second-order valence-electron chi connectivity index (χ2n) is 8.67. The van der Waals surface area contributed by atoms with Gasteiger partial charge in [-0.25, -0.2) is 15.0 Å². The minimum absolute atomic E-state index is 0. The van der Waals surface area contributed by atoms with Crippen LogP contribution in [-0.4, -0.2) is 88.3 Å². The predicted octanol–water partition coefficient (Wildman–Crippen LogP) is 1.44. The highest BCUT2D eigenvalue weighted by Gasteiger charge is 2.20. The lowest BCUT2D eigenvalue weighted by Gasteiger charge is -2.24. The van der Waals surface area contributed by atoms with E-state index in [-0.39, 0.29) is 44.9 Å². The summed E-state index contributed by atoms with van der Waals surface area (Å²) in [6.45, 7) is 1.75. The van der Waals surface area contributed by atoms with E-state index in [0.717, 1.165) is 12.8 Å². The molecule has 3 aromatic heterocycles. The minimum Gasteiger partial charge on any atom is -0.487 e. The summed E-state index contributed by atoms with van der Waals surface area (Å²) in [5.41, 5.74) is 7.08. The van der Waals surface area contributed by atoms with E-state index < -0.39 is 24.4 Å². The Morgan fingerprint density at radius 2 is 2.00 bits per heavy atom. The fraction of sp³-hybridized carbons (Fsp3) is 0.440. The average molecular weight is 576 g/mol. The molecule has 4 heterocycles. The molecule has 1 aliphatic heterocycles. The van der Waals surface area contributed by atoms with Crippen molar-refractivity contribution in [1.29, 1.82) is 5.26 Å². The van der Waals surface area contributed by atoms with Gasteiger partial charge in [0.2, 0.25) is 0 Å². The number of aliphatic carboxylic acids is 1. The monoisotopic (exact) mass is 575 g/mol. The maximum Gasteiger partial charge on any atom is 0.323 e. The number of imidazole rings is 1. The van der Waals surface area contributed by atoms with Crippen LogP contribution in [0.25, 0.3) is 17.0 Å². The second-order valence-corrected chi connectivity index (χ2v) is 8.67. The molecule has 3 aromatic rings. The number of halogens is 1. The Morgan fingerprint density at radius 3 is 2.70 bits per heavy atom. The van der Waals surface area contributed by atoms with Gasteiger partial charge in [0.05, 0.1) is 25.2 Å². The highest BCUT2D eigenvalue weighted by molar-refractivity contribution is 5.85. The number of hydrogen-bond acceptors (Lipinski definition) is 12. The molecule has 1 fully saturated rings. The first-order chi connectivity index (χ1) is 18.9. The number of aromatic nitrogens is 4. The van der Waals surface area contributed by atoms with E-state index in [2.05, 4.69) is 21.4 Å². The van der Waals surface area contributed by atoms with E-state index in [1.807, 2.05) is 0 Å². The molecular formula is C25H30ClN7O7. The molecule has 0 spiro atoms. The third-order valence-corrected chi connectivity index (χ3v) is 5.83. The van der Waals surface area contributed by atoms with Crippen LogP contribution < -0.4 is 15.8 Å². The Hall–Kier alpha value is -4.03. The normalized spacial score (nSPS) is 14.1. The van der Waals surface area contributed by atoms with E-state index in [1.54, 1.807) is 29.1 Å². The zero-order chi connectivity index (χ0) is 27.6. The number of carbonyl (C=O) groups is 2. The molecule has 0 amide bonds. The maximum atomic E-state index is 11.6. The van der Waals surface area contributed by atoms with Gasteiger partial charge in [0.25, 0.3) is 0 Å². The SMILES string of the molecule is Cl.N#Cc1ccc(-n2cnc3cc(OCCOCCOC(=O)[C@@H](N)CC(=O)O)c(NC4CCOCC4)nc32)nc1. The Kier molecular flexibility index (Phi) is 11.4. The number of carboxylic acids is 1. The van der Waals surface area contributed by atoms with Crippen molar-refractivity contribution in [1.82, 2.24) is 19.5 Å². The van der Waals surface area contributed by atoms with Crippen molar-refractivity contribution in [3.63, 3.8) is 0 Å². The van der Waals surface area contributed by atoms with Gasteiger partial charge < -0.3 is 35.1 Å². The second kappa shape index (κ2) is 14.9. The van der Waals surface area contributed by atoms with Crippen LogP contribution in [0.15, 0.2) is 30.7 Å². The average Bonchev–Trinajstić information content (AvgIpc) is 3.35. The summed E-state index contributed by atoms with van der Waals surface area (Å²) in [5, 5.41) is 21.2. The zero-order valence-corrected chi connectivity index (χ0v) is 22.3. The lowest BCUT2D eigenvalue weighted by atomic mass is 10.1. The van der Waals surface area contributed by atoms with E-state index in [9.17, 15) is 9.59 Å². The highest BCUT2D eigenvalue weighted by atomic mass is 35.5. The number of fused-ring (bicyclic) bond motifs is 1. The number of pyridine rings is 2. The smallest absolute Gasteiger partial charge is 0.323 e. The molecule has 4 N–H and O–H groups in total. The van der Waals surface area contributed by atoms with Crippen LogP contribution in [0.3, 0.4) is 0 Å². The molecule has 0 aromatic carbocycles. The number of anilines is 1. The third kappa shape index (κ3) is 8.23. The Bertz CT molecular complexity index is 1320. The van der Waals surface area contributed by atoms with Gasteiger partial charge in [0, 0.05) is 31.5 Å². The largest absolute Gasteiger partial charge is 0.487 e. The van der Waals surface area contributed by atoms with Gasteiger partial charge in [-0.15, -0.1) is 12.4 Å². The van der Waals surface area contributed by atoms with Gasteiger partial charge in [0.15, 0.2) is 17.2 Å². The van der Waals surface area contributed by atoms with Crippen LogP contribution >= 0.6 is 12.4 Å². The van der Waals surface area contributed by atoms with Gasteiger partial charge in [0.1, 0.15) is 43.0 Å². The van der Waals surface area contributed by atoms with E-state index in [0.29, 0.717) is 47.3 Å². The van der Waals surface area contributed by atoms with Crippen LogP contribution in [0, 0.1) is 11.3 Å². The summed E-state index contributed by atoms with van der Waals surface area (Å²) in [6, 6.07) is 6.19. The fourth-order valence-corrected chi connectivity index (χ4v) is 3.83. The number of carbonyl (C=O) groups excluding carboxylic acids is 1. The topological polar surface area (TPSA) is 197 Å². The van der Waals surface area contributed by atoms with Crippen molar-refractivity contribution < 1.29 is 33.6 Å². The molecular weight excluding hydrogens is 546 g/mol. The van der Waals surface area contributed by atoms with E-state index in [1.165, 1.54) is 6.20 Å². The molecule has 0 radical (unpaired) electrons. The molecule has 0 aliphatic carbocycles. The summed E-state index contributed by atoms with van der Waals surface area (Å²) in [4.78, 5) is 35.8. The predicted molar refractivity (Wildman–Crippen MR) is 144 cm³/mol. The number of rotatable bonds is 13. The van der Waals surface area contributed by atoms with Gasteiger partial charge in [-0.2, -0.15) is 5.26 Å². The van der Waals surface area contributed by atoms with Crippen molar-refractivity contribution in [2.45, 2.75) is 31.3 Å². The van der Waals surface area contributed by atoms with Gasteiger partial charge >= 0.3 is 11.9 Å². The molecule has 1 saturated heterocycles. The molecule has 1 atom stereocenters. The maximum absolute atomic E-state index is 11.6. The van der Waals surface area contributed by atoms with E-state index in [4.69, 9.17) is 40.0 Å². The van der Waals surface area contributed by atoms with Gasteiger partial charge in [-0.3, -0.25) is 14.2 Å². The molecule has 214 valence electrons.